The molecule has 3 nitrogen and oxygen atoms in total. The zero-order valence-corrected chi connectivity index (χ0v) is 9.75. The van der Waals surface area contributed by atoms with Gasteiger partial charge >= 0.3 is 0 Å². The highest BCUT2D eigenvalue weighted by atomic mass is 35.5. The van der Waals surface area contributed by atoms with E-state index in [9.17, 15) is 8.42 Å². The van der Waals surface area contributed by atoms with Crippen molar-refractivity contribution in [2.24, 2.45) is 0 Å². The monoisotopic (exact) mass is 251 g/mol. The van der Waals surface area contributed by atoms with Gasteiger partial charge in [0.15, 0.2) is 0 Å². The molecule has 0 radical (unpaired) electrons. The summed E-state index contributed by atoms with van der Waals surface area (Å²) in [6.45, 7) is 0. The van der Waals surface area contributed by atoms with Gasteiger partial charge in [-0.15, -0.1) is 22.9 Å². The Kier molecular flexibility index (Phi) is 2.83. The zero-order chi connectivity index (χ0) is 10.2. The van der Waals surface area contributed by atoms with Gasteiger partial charge in [0, 0.05) is 16.3 Å². The number of rotatable bonds is 4. The molecule has 78 valence electrons. The van der Waals surface area contributed by atoms with E-state index in [1.807, 2.05) is 0 Å². The largest absolute Gasteiger partial charge is 0.241 e. The molecule has 1 fully saturated rings. The van der Waals surface area contributed by atoms with Gasteiger partial charge in [0.25, 0.3) is 0 Å². The van der Waals surface area contributed by atoms with Crippen molar-refractivity contribution in [3.8, 4) is 0 Å². The molecule has 0 bridgehead atoms. The quantitative estimate of drug-likeness (QED) is 0.832. The van der Waals surface area contributed by atoms with Crippen LogP contribution in [0.5, 0.6) is 0 Å². The molecule has 14 heavy (non-hydrogen) atoms. The Hall–Kier alpha value is -0.100. The van der Waals surface area contributed by atoms with Crippen molar-refractivity contribution in [2.45, 2.75) is 29.7 Å². The molecule has 0 aromatic carbocycles. The number of nitrogens with one attached hydrogen (secondary N) is 1. The fraction of sp³-hybridized carbons (Fsp3) is 0.500. The van der Waals surface area contributed by atoms with Crippen LogP contribution in [0.15, 0.2) is 16.3 Å². The lowest BCUT2D eigenvalue weighted by Crippen LogP contribution is -2.25. The molecule has 0 aliphatic heterocycles. The molecule has 1 aliphatic rings. The average molecular weight is 252 g/mol. The lowest BCUT2D eigenvalue weighted by atomic mass is 10.5. The number of thiophene rings is 1. The summed E-state index contributed by atoms with van der Waals surface area (Å²) in [5.41, 5.74) is 0. The fourth-order valence-corrected chi connectivity index (χ4v) is 3.75. The number of halogens is 1. The van der Waals surface area contributed by atoms with Crippen molar-refractivity contribution in [1.82, 2.24) is 4.72 Å². The highest BCUT2D eigenvalue weighted by molar-refractivity contribution is 7.89. The Morgan fingerprint density at radius 1 is 1.57 bits per heavy atom. The molecule has 0 unspecified atom stereocenters. The number of hydrogen-bond donors (Lipinski definition) is 1. The van der Waals surface area contributed by atoms with Gasteiger partial charge in [-0.05, 0) is 18.9 Å². The maximum Gasteiger partial charge on any atom is 0.241 e. The predicted octanol–water partition coefficient (Wildman–Crippen LogP) is 1.93. The lowest BCUT2D eigenvalue weighted by Gasteiger charge is -2.01. The van der Waals surface area contributed by atoms with Crippen molar-refractivity contribution in [2.75, 3.05) is 0 Å². The van der Waals surface area contributed by atoms with Crippen molar-refractivity contribution in [3.05, 3.63) is 16.3 Å². The van der Waals surface area contributed by atoms with Crippen LogP contribution in [-0.4, -0.2) is 14.5 Å². The van der Waals surface area contributed by atoms with E-state index in [0.717, 1.165) is 17.7 Å². The molecule has 1 saturated carbocycles. The van der Waals surface area contributed by atoms with Gasteiger partial charge < -0.3 is 0 Å². The second kappa shape index (κ2) is 3.81. The molecule has 0 spiro atoms. The van der Waals surface area contributed by atoms with Gasteiger partial charge in [0.2, 0.25) is 10.0 Å². The molecule has 1 heterocycles. The summed E-state index contributed by atoms with van der Waals surface area (Å²) < 4.78 is 25.9. The molecule has 0 amide bonds. The number of sulfonamides is 1. The van der Waals surface area contributed by atoms with Crippen LogP contribution in [0.2, 0.25) is 0 Å². The van der Waals surface area contributed by atoms with Crippen LogP contribution < -0.4 is 4.72 Å². The Bertz CT molecular complexity index is 422. The van der Waals surface area contributed by atoms with Gasteiger partial charge in [0.1, 0.15) is 0 Å². The molecule has 1 aromatic rings. The average Bonchev–Trinajstić information content (AvgIpc) is 2.81. The summed E-state index contributed by atoms with van der Waals surface area (Å²) in [7, 11) is -3.28. The van der Waals surface area contributed by atoms with Gasteiger partial charge in [0.05, 0.1) is 10.8 Å². The fourth-order valence-electron chi connectivity index (χ4n) is 1.06. The molecule has 1 N–H and O–H groups in total. The topological polar surface area (TPSA) is 46.2 Å². The van der Waals surface area contributed by atoms with Crippen LogP contribution in [0, 0.1) is 0 Å². The van der Waals surface area contributed by atoms with E-state index in [2.05, 4.69) is 4.72 Å². The summed E-state index contributed by atoms with van der Waals surface area (Å²) in [5, 5.41) is 1.63. The van der Waals surface area contributed by atoms with E-state index in [-0.39, 0.29) is 6.04 Å². The molecule has 1 aliphatic carbocycles. The van der Waals surface area contributed by atoms with E-state index >= 15 is 0 Å². The lowest BCUT2D eigenvalue weighted by molar-refractivity contribution is 0.581. The van der Waals surface area contributed by atoms with Crippen molar-refractivity contribution in [1.29, 1.82) is 0 Å². The minimum absolute atomic E-state index is 0.152. The Morgan fingerprint density at radius 3 is 2.79 bits per heavy atom. The van der Waals surface area contributed by atoms with E-state index in [1.54, 1.807) is 11.4 Å². The summed E-state index contributed by atoms with van der Waals surface area (Å²) in [5.74, 6) is 0.365. The van der Waals surface area contributed by atoms with E-state index in [0.29, 0.717) is 10.8 Å². The molecule has 2 rings (SSSR count). The summed E-state index contributed by atoms with van der Waals surface area (Å²) >= 11 is 6.98. The first kappa shape index (κ1) is 10.4. The van der Waals surface area contributed by atoms with Gasteiger partial charge in [-0.25, -0.2) is 13.1 Å². The molecular formula is C8H10ClNO2S2. The van der Waals surface area contributed by atoms with Crippen LogP contribution in [-0.2, 0) is 15.9 Å². The number of hydrogen-bond acceptors (Lipinski definition) is 3. The van der Waals surface area contributed by atoms with Crippen LogP contribution in [0.3, 0.4) is 0 Å². The van der Waals surface area contributed by atoms with Crippen molar-refractivity contribution < 1.29 is 8.42 Å². The van der Waals surface area contributed by atoms with Gasteiger partial charge in [-0.1, -0.05) is 0 Å². The minimum atomic E-state index is -3.28. The Labute approximate surface area is 92.1 Å². The molecule has 0 saturated heterocycles. The maximum atomic E-state index is 11.7. The highest BCUT2D eigenvalue weighted by Crippen LogP contribution is 2.25. The smallest absolute Gasteiger partial charge is 0.208 e. The molecule has 0 atom stereocenters. The highest BCUT2D eigenvalue weighted by Gasteiger charge is 2.28. The SMILES string of the molecule is O=S(=O)(NC1CC1)c1csc(CCl)c1. The normalized spacial score (nSPS) is 17.2. The molecule has 6 heteroatoms. The molecule has 1 aromatic heterocycles. The Balaban J connectivity index is 2.19. The Morgan fingerprint density at radius 2 is 2.29 bits per heavy atom. The van der Waals surface area contributed by atoms with Gasteiger partial charge in [-0.2, -0.15) is 0 Å². The van der Waals surface area contributed by atoms with E-state index < -0.39 is 10.0 Å². The second-order valence-corrected chi connectivity index (χ2v) is 6.25. The first-order valence-electron chi connectivity index (χ1n) is 4.27. The third-order valence-electron chi connectivity index (χ3n) is 1.97. The predicted molar refractivity (Wildman–Crippen MR) is 57.2 cm³/mol. The third-order valence-corrected chi connectivity index (χ3v) is 5.00. The van der Waals surface area contributed by atoms with Crippen LogP contribution in [0.1, 0.15) is 17.7 Å². The summed E-state index contributed by atoms with van der Waals surface area (Å²) in [6, 6.07) is 1.78. The first-order chi connectivity index (χ1) is 6.62. The third kappa shape index (κ3) is 2.28. The van der Waals surface area contributed by atoms with Crippen LogP contribution in [0.25, 0.3) is 0 Å². The van der Waals surface area contributed by atoms with Crippen molar-refractivity contribution in [3.63, 3.8) is 0 Å². The minimum Gasteiger partial charge on any atom is -0.208 e. The van der Waals surface area contributed by atoms with Gasteiger partial charge in [-0.3, -0.25) is 0 Å². The van der Waals surface area contributed by atoms with Crippen LogP contribution >= 0.6 is 22.9 Å². The summed E-state index contributed by atoms with van der Waals surface area (Å²) in [4.78, 5) is 1.22. The molecular weight excluding hydrogens is 242 g/mol. The van der Waals surface area contributed by atoms with E-state index in [1.165, 1.54) is 11.3 Å². The zero-order valence-electron chi connectivity index (χ0n) is 7.36. The standard InChI is InChI=1S/C8H10ClNO2S2/c9-4-7-3-8(5-13-7)14(11,12)10-6-1-2-6/h3,5-6,10H,1-2,4H2. The van der Waals surface area contributed by atoms with Crippen LogP contribution in [0.4, 0.5) is 0 Å². The summed E-state index contributed by atoms with van der Waals surface area (Å²) in [6.07, 6.45) is 1.90. The maximum absolute atomic E-state index is 11.7. The second-order valence-electron chi connectivity index (χ2n) is 3.28. The van der Waals surface area contributed by atoms with Crippen molar-refractivity contribution >= 4 is 33.0 Å². The van der Waals surface area contributed by atoms with E-state index in [4.69, 9.17) is 11.6 Å². The number of alkyl halides is 1. The first-order valence-corrected chi connectivity index (χ1v) is 7.17.